The van der Waals surface area contributed by atoms with Crippen molar-refractivity contribution in [2.45, 2.75) is 19.6 Å². The van der Waals surface area contributed by atoms with Gasteiger partial charge in [-0.2, -0.15) is 15.4 Å². The molecular weight excluding hydrogens is 160 g/mol. The zero-order valence-corrected chi connectivity index (χ0v) is 6.61. The van der Waals surface area contributed by atoms with Crippen LogP contribution in [0.2, 0.25) is 0 Å². The quantitative estimate of drug-likeness (QED) is 0.531. The fourth-order valence-electron chi connectivity index (χ4n) is 0.636. The molecule has 0 aliphatic carbocycles. The number of carbonyl (C=O) groups is 1. The SMILES string of the molecule is C[C@@H](O)C(=O)NCc1cn[nH]n1. The number of hydrogen-bond acceptors (Lipinski definition) is 4. The first kappa shape index (κ1) is 8.66. The minimum atomic E-state index is -0.989. The number of aromatic amines is 1. The van der Waals surface area contributed by atoms with E-state index in [1.807, 2.05) is 0 Å². The molecule has 0 bridgehead atoms. The normalized spacial score (nSPS) is 12.5. The van der Waals surface area contributed by atoms with Crippen LogP contribution in [-0.4, -0.2) is 32.5 Å². The summed E-state index contributed by atoms with van der Waals surface area (Å²) in [4.78, 5) is 10.8. The summed E-state index contributed by atoms with van der Waals surface area (Å²) in [7, 11) is 0. The lowest BCUT2D eigenvalue weighted by atomic mass is 10.3. The van der Waals surface area contributed by atoms with Gasteiger partial charge in [0.1, 0.15) is 11.8 Å². The molecule has 0 aliphatic heterocycles. The van der Waals surface area contributed by atoms with E-state index in [1.165, 1.54) is 13.1 Å². The van der Waals surface area contributed by atoms with Gasteiger partial charge in [0.2, 0.25) is 5.91 Å². The van der Waals surface area contributed by atoms with Crippen LogP contribution in [0.1, 0.15) is 12.6 Å². The summed E-state index contributed by atoms with van der Waals surface area (Å²) >= 11 is 0. The molecule has 0 spiro atoms. The van der Waals surface area contributed by atoms with E-state index in [9.17, 15) is 4.79 Å². The Morgan fingerprint density at radius 1 is 1.92 bits per heavy atom. The van der Waals surface area contributed by atoms with Gasteiger partial charge >= 0.3 is 0 Å². The highest BCUT2D eigenvalue weighted by atomic mass is 16.3. The maximum atomic E-state index is 10.8. The van der Waals surface area contributed by atoms with Crippen LogP contribution in [0.25, 0.3) is 0 Å². The second-order valence-electron chi connectivity index (χ2n) is 2.36. The lowest BCUT2D eigenvalue weighted by Crippen LogP contribution is -2.32. The van der Waals surface area contributed by atoms with Crippen molar-refractivity contribution in [2.75, 3.05) is 0 Å². The van der Waals surface area contributed by atoms with Gasteiger partial charge in [-0.25, -0.2) is 0 Å². The molecule has 0 fully saturated rings. The Hall–Kier alpha value is -1.43. The van der Waals surface area contributed by atoms with Crippen molar-refractivity contribution in [3.05, 3.63) is 11.9 Å². The van der Waals surface area contributed by atoms with Gasteiger partial charge in [0.05, 0.1) is 12.7 Å². The lowest BCUT2D eigenvalue weighted by molar-refractivity contribution is -0.128. The molecule has 3 N–H and O–H groups in total. The monoisotopic (exact) mass is 170 g/mol. The molecule has 0 unspecified atom stereocenters. The molecule has 0 radical (unpaired) electrons. The molecule has 6 heteroatoms. The highest BCUT2D eigenvalue weighted by Crippen LogP contribution is 1.87. The average Bonchev–Trinajstić information content (AvgIpc) is 2.51. The topological polar surface area (TPSA) is 90.9 Å². The Bertz CT molecular complexity index is 244. The molecule has 1 aromatic rings. The summed E-state index contributed by atoms with van der Waals surface area (Å²) < 4.78 is 0. The van der Waals surface area contributed by atoms with Crippen molar-refractivity contribution in [3.8, 4) is 0 Å². The zero-order chi connectivity index (χ0) is 8.97. The molecule has 0 saturated carbocycles. The first-order valence-electron chi connectivity index (χ1n) is 3.50. The van der Waals surface area contributed by atoms with Crippen molar-refractivity contribution in [3.63, 3.8) is 0 Å². The Labute approximate surface area is 69.0 Å². The number of hydrogen-bond donors (Lipinski definition) is 3. The molecule has 1 atom stereocenters. The number of rotatable bonds is 3. The number of aliphatic hydroxyl groups is 1. The zero-order valence-electron chi connectivity index (χ0n) is 6.61. The van der Waals surface area contributed by atoms with E-state index in [4.69, 9.17) is 5.11 Å². The molecule has 1 rings (SSSR count). The first-order valence-corrected chi connectivity index (χ1v) is 3.50. The number of aromatic nitrogens is 3. The number of aliphatic hydroxyl groups excluding tert-OH is 1. The van der Waals surface area contributed by atoms with E-state index in [2.05, 4.69) is 20.7 Å². The van der Waals surface area contributed by atoms with E-state index in [0.717, 1.165) is 0 Å². The summed E-state index contributed by atoms with van der Waals surface area (Å²) in [5.41, 5.74) is 0.629. The van der Waals surface area contributed by atoms with E-state index < -0.39 is 12.0 Å². The number of carbonyl (C=O) groups excluding carboxylic acids is 1. The van der Waals surface area contributed by atoms with Crippen molar-refractivity contribution in [1.82, 2.24) is 20.7 Å². The summed E-state index contributed by atoms with van der Waals surface area (Å²) in [6.07, 6.45) is 0.513. The standard InChI is InChI=1S/C6H10N4O2/c1-4(11)6(12)7-2-5-3-8-10-9-5/h3-4,11H,2H2,1H3,(H,7,12)(H,8,9,10)/t4-/m1/s1. The predicted octanol–water partition coefficient (Wildman–Crippen LogP) is -1.20. The minimum Gasteiger partial charge on any atom is -0.384 e. The van der Waals surface area contributed by atoms with Crippen LogP contribution in [0.15, 0.2) is 6.20 Å². The van der Waals surface area contributed by atoms with Gasteiger partial charge in [-0.05, 0) is 6.92 Å². The number of amides is 1. The molecule has 12 heavy (non-hydrogen) atoms. The molecule has 1 aromatic heterocycles. The summed E-state index contributed by atoms with van der Waals surface area (Å²) in [5, 5.41) is 20.9. The van der Waals surface area contributed by atoms with E-state index in [0.29, 0.717) is 5.69 Å². The lowest BCUT2D eigenvalue weighted by Gasteiger charge is -2.03. The van der Waals surface area contributed by atoms with E-state index >= 15 is 0 Å². The van der Waals surface area contributed by atoms with Gasteiger partial charge in [-0.1, -0.05) is 0 Å². The fourth-order valence-corrected chi connectivity index (χ4v) is 0.636. The van der Waals surface area contributed by atoms with E-state index in [1.54, 1.807) is 0 Å². The maximum absolute atomic E-state index is 10.8. The van der Waals surface area contributed by atoms with Gasteiger partial charge in [0.15, 0.2) is 0 Å². The number of nitrogens with one attached hydrogen (secondary N) is 2. The molecule has 0 saturated heterocycles. The summed E-state index contributed by atoms with van der Waals surface area (Å²) in [6, 6.07) is 0. The third-order valence-electron chi connectivity index (χ3n) is 1.29. The second-order valence-corrected chi connectivity index (χ2v) is 2.36. The fraction of sp³-hybridized carbons (Fsp3) is 0.500. The maximum Gasteiger partial charge on any atom is 0.248 e. The number of H-pyrrole nitrogens is 1. The molecule has 66 valence electrons. The Morgan fingerprint density at radius 3 is 3.17 bits per heavy atom. The Kier molecular flexibility index (Phi) is 2.76. The van der Waals surface area contributed by atoms with Gasteiger partial charge < -0.3 is 10.4 Å². The smallest absolute Gasteiger partial charge is 0.248 e. The largest absolute Gasteiger partial charge is 0.384 e. The van der Waals surface area contributed by atoms with Crippen molar-refractivity contribution < 1.29 is 9.90 Å². The van der Waals surface area contributed by atoms with Crippen molar-refractivity contribution >= 4 is 5.91 Å². The minimum absolute atomic E-state index is 0.278. The molecule has 0 aromatic carbocycles. The van der Waals surface area contributed by atoms with Crippen molar-refractivity contribution in [1.29, 1.82) is 0 Å². The van der Waals surface area contributed by atoms with Gasteiger partial charge in [-0.15, -0.1) is 0 Å². The van der Waals surface area contributed by atoms with Crippen LogP contribution in [0.3, 0.4) is 0 Å². The van der Waals surface area contributed by atoms with E-state index in [-0.39, 0.29) is 6.54 Å². The Balaban J connectivity index is 2.32. The Morgan fingerprint density at radius 2 is 2.67 bits per heavy atom. The molecule has 0 aliphatic rings. The number of nitrogens with zero attached hydrogens (tertiary/aromatic N) is 2. The van der Waals surface area contributed by atoms with Gasteiger partial charge in [0, 0.05) is 0 Å². The molecule has 1 amide bonds. The van der Waals surface area contributed by atoms with Crippen LogP contribution in [0, 0.1) is 0 Å². The first-order chi connectivity index (χ1) is 5.70. The summed E-state index contributed by atoms with van der Waals surface area (Å²) in [5.74, 6) is -0.419. The van der Waals surface area contributed by atoms with Crippen LogP contribution < -0.4 is 5.32 Å². The van der Waals surface area contributed by atoms with Crippen LogP contribution >= 0.6 is 0 Å². The van der Waals surface area contributed by atoms with Crippen LogP contribution in [0.5, 0.6) is 0 Å². The molecule has 6 nitrogen and oxygen atoms in total. The highest BCUT2D eigenvalue weighted by molar-refractivity contribution is 5.79. The predicted molar refractivity (Wildman–Crippen MR) is 39.9 cm³/mol. The molecule has 1 heterocycles. The third kappa shape index (κ3) is 2.31. The van der Waals surface area contributed by atoms with Gasteiger partial charge in [-0.3, -0.25) is 4.79 Å². The van der Waals surface area contributed by atoms with Crippen molar-refractivity contribution in [2.24, 2.45) is 0 Å². The van der Waals surface area contributed by atoms with Gasteiger partial charge in [0.25, 0.3) is 0 Å². The summed E-state index contributed by atoms with van der Waals surface area (Å²) in [6.45, 7) is 1.68. The van der Waals surface area contributed by atoms with Crippen LogP contribution in [-0.2, 0) is 11.3 Å². The highest BCUT2D eigenvalue weighted by Gasteiger charge is 2.07. The third-order valence-corrected chi connectivity index (χ3v) is 1.29. The average molecular weight is 170 g/mol. The second kappa shape index (κ2) is 3.82. The van der Waals surface area contributed by atoms with Crippen LogP contribution in [0.4, 0.5) is 0 Å². The molecular formula is C6H10N4O2.